The third kappa shape index (κ3) is 14.2. The Morgan fingerprint density at radius 3 is 2.36 bits per heavy atom. The van der Waals surface area contributed by atoms with E-state index in [0.29, 0.717) is 12.2 Å². The Balaban J connectivity index is 1.25. The van der Waals surface area contributed by atoms with Gasteiger partial charge in [0.2, 0.25) is 5.91 Å². The van der Waals surface area contributed by atoms with Crippen molar-refractivity contribution in [2.75, 3.05) is 24.7 Å². The summed E-state index contributed by atoms with van der Waals surface area (Å²) in [7, 11) is 0. The molecule has 0 saturated carbocycles. The number of nitrogens with two attached hydrogens (primary N) is 1. The highest BCUT2D eigenvalue weighted by atomic mass is 32.2. The molecule has 2 aliphatic rings. The zero-order valence-corrected chi connectivity index (χ0v) is 32.5. The zero-order chi connectivity index (χ0) is 39.7. The Morgan fingerprint density at radius 1 is 0.982 bits per heavy atom. The lowest BCUT2D eigenvalue weighted by Gasteiger charge is -2.20. The van der Waals surface area contributed by atoms with Crippen molar-refractivity contribution in [2.24, 2.45) is 0 Å². The maximum absolute atomic E-state index is 15.0. The van der Waals surface area contributed by atoms with Crippen LogP contribution in [0.25, 0.3) is 0 Å². The van der Waals surface area contributed by atoms with Crippen molar-refractivity contribution in [2.45, 2.75) is 146 Å². The van der Waals surface area contributed by atoms with E-state index in [1.165, 1.54) is 86.7 Å². The minimum Gasteiger partial charge on any atom is -0.462 e. The Bertz CT molecular complexity index is 1740. The summed E-state index contributed by atoms with van der Waals surface area (Å²) < 4.78 is 39.6. The van der Waals surface area contributed by atoms with Crippen LogP contribution < -0.4 is 28.0 Å². The van der Waals surface area contributed by atoms with Crippen LogP contribution in [0.3, 0.4) is 0 Å². The molecule has 2 aromatic rings. The van der Waals surface area contributed by atoms with E-state index in [0.717, 1.165) is 23.8 Å². The molecule has 16 nitrogen and oxygen atoms in total. The molecule has 0 aliphatic carbocycles. The summed E-state index contributed by atoms with van der Waals surface area (Å²) in [6.07, 6.45) is 10.2. The molecule has 306 valence electrons. The molecule has 2 aliphatic heterocycles. The summed E-state index contributed by atoms with van der Waals surface area (Å²) in [5, 5.41) is 2.67. The number of alkyl halides is 1. The van der Waals surface area contributed by atoms with Crippen molar-refractivity contribution >= 4 is 35.4 Å². The molecule has 0 radical (unpaired) electrons. The average Bonchev–Trinajstić information content (AvgIpc) is 3.78. The third-order valence-electron chi connectivity index (χ3n) is 9.55. The molecule has 1 amide bonds. The Labute approximate surface area is 323 Å². The number of H-pyrrole nitrogens is 1. The van der Waals surface area contributed by atoms with Gasteiger partial charge in [-0.15, -0.1) is 11.8 Å². The van der Waals surface area contributed by atoms with Crippen molar-refractivity contribution in [3.05, 3.63) is 55.3 Å². The predicted molar refractivity (Wildman–Crippen MR) is 203 cm³/mol. The summed E-state index contributed by atoms with van der Waals surface area (Å²) in [5.74, 6) is -1.40. The van der Waals surface area contributed by atoms with Crippen LogP contribution in [0, 0.1) is 6.92 Å². The number of hydrogen-bond acceptors (Lipinski definition) is 13. The van der Waals surface area contributed by atoms with Gasteiger partial charge in [0.1, 0.15) is 55.2 Å². The molecule has 2 fully saturated rings. The third-order valence-corrected chi connectivity index (χ3v) is 10.6. The van der Waals surface area contributed by atoms with Crippen LogP contribution in [0.2, 0.25) is 0 Å². The SMILES string of the molecule is CCCCCCCCCCCCCC(=O)N[C@@H](CCC(=O)OC[C@@H]1O[C@H](n2ccc(N)nc2=O)CS1)C(=O)OC[C@H]1O[C@@H](n2cc(C)c(=O)[nH]c2=O)C[C@@H]1F. The maximum Gasteiger partial charge on any atom is 0.351 e. The van der Waals surface area contributed by atoms with Gasteiger partial charge >= 0.3 is 23.3 Å². The van der Waals surface area contributed by atoms with Gasteiger partial charge in [-0.3, -0.25) is 28.5 Å². The number of anilines is 1. The van der Waals surface area contributed by atoms with E-state index in [1.54, 1.807) is 0 Å². The van der Waals surface area contributed by atoms with Gasteiger partial charge in [-0.2, -0.15) is 4.98 Å². The fraction of sp³-hybridized carbons (Fsp3) is 0.703. The minimum atomic E-state index is -1.59. The van der Waals surface area contributed by atoms with Crippen LogP contribution in [0.5, 0.6) is 0 Å². The van der Waals surface area contributed by atoms with E-state index < -0.39 is 71.7 Å². The summed E-state index contributed by atoms with van der Waals surface area (Å²) >= 11 is 1.35. The number of amides is 1. The molecule has 0 bridgehead atoms. The minimum absolute atomic E-state index is 0.0904. The highest BCUT2D eigenvalue weighted by Gasteiger charge is 2.38. The standard InChI is InChI=1S/C37H55FN6O10S/c1-3-4-5-6-7-8-9-10-11-12-13-14-29(45)40-26(15-16-32(46)51-22-33-54-31(23-55-33)43-18-17-28(39)41-36(43)49)35(48)52-21-27-25(38)19-30(53-27)44-20-24(2)34(47)42-37(44)50/h17-18,20,25-27,30-31,33H,3-16,19,21-23H2,1-2H3,(H,40,45)(H2,39,41,49)(H,42,47,50)/t25-,26-,27+,30+,31-,33+/m0/s1. The molecule has 2 saturated heterocycles. The van der Waals surface area contributed by atoms with Crippen molar-refractivity contribution in [3.63, 3.8) is 0 Å². The molecule has 0 spiro atoms. The predicted octanol–water partition coefficient (Wildman–Crippen LogP) is 3.95. The quantitative estimate of drug-likeness (QED) is 0.107. The van der Waals surface area contributed by atoms with Gasteiger partial charge in [0.25, 0.3) is 5.56 Å². The number of nitrogens with zero attached hydrogens (tertiary/aromatic N) is 3. The molecule has 6 atom stereocenters. The number of ether oxygens (including phenoxy) is 4. The molecular formula is C37H55FN6O10S. The molecule has 55 heavy (non-hydrogen) atoms. The fourth-order valence-corrected chi connectivity index (χ4v) is 7.35. The number of nitrogens with one attached hydrogen (secondary N) is 2. The number of aromatic amines is 1. The van der Waals surface area contributed by atoms with Crippen molar-refractivity contribution < 1.29 is 37.7 Å². The summed E-state index contributed by atoms with van der Waals surface area (Å²) in [5.41, 5.74) is 3.36. The van der Waals surface area contributed by atoms with Crippen LogP contribution in [0.15, 0.2) is 32.8 Å². The van der Waals surface area contributed by atoms with Gasteiger partial charge in [-0.05, 0) is 25.8 Å². The van der Waals surface area contributed by atoms with E-state index in [1.807, 2.05) is 0 Å². The summed E-state index contributed by atoms with van der Waals surface area (Å²) in [4.78, 5) is 81.0. The number of hydrogen-bond donors (Lipinski definition) is 3. The molecule has 2 aromatic heterocycles. The van der Waals surface area contributed by atoms with Gasteiger partial charge in [0.05, 0.1) is 0 Å². The van der Waals surface area contributed by atoms with Crippen LogP contribution in [-0.4, -0.2) is 79.7 Å². The molecule has 4 heterocycles. The lowest BCUT2D eigenvalue weighted by molar-refractivity contribution is -0.154. The summed E-state index contributed by atoms with van der Waals surface area (Å²) in [6.45, 7) is 3.08. The van der Waals surface area contributed by atoms with Gasteiger partial charge in [-0.25, -0.2) is 18.8 Å². The fourth-order valence-electron chi connectivity index (χ4n) is 6.36. The van der Waals surface area contributed by atoms with Crippen LogP contribution in [0.1, 0.15) is 121 Å². The number of thioether (sulfide) groups is 1. The first kappa shape index (κ1) is 43.7. The number of aromatic nitrogens is 4. The number of esters is 2. The van der Waals surface area contributed by atoms with E-state index in [4.69, 9.17) is 24.7 Å². The number of nitrogen functional groups attached to an aromatic ring is 1. The Hall–Kier alpha value is -4.03. The monoisotopic (exact) mass is 794 g/mol. The largest absolute Gasteiger partial charge is 0.462 e. The molecular weight excluding hydrogens is 740 g/mol. The Kier molecular flexibility index (Phi) is 17.9. The van der Waals surface area contributed by atoms with Crippen molar-refractivity contribution in [1.29, 1.82) is 0 Å². The first-order valence-electron chi connectivity index (χ1n) is 19.3. The number of aryl methyl sites for hydroxylation is 1. The topological polar surface area (TPSA) is 216 Å². The molecule has 18 heteroatoms. The smallest absolute Gasteiger partial charge is 0.351 e. The number of carbonyl (C=O) groups is 3. The maximum atomic E-state index is 15.0. The molecule has 4 rings (SSSR count). The van der Waals surface area contributed by atoms with Gasteiger partial charge < -0.3 is 30.0 Å². The second kappa shape index (κ2) is 22.5. The van der Waals surface area contributed by atoms with Gasteiger partial charge in [0, 0.05) is 43.0 Å². The lowest BCUT2D eigenvalue weighted by atomic mass is 10.0. The second-order valence-electron chi connectivity index (χ2n) is 14.0. The average molecular weight is 795 g/mol. The van der Waals surface area contributed by atoms with E-state index in [-0.39, 0.29) is 49.6 Å². The number of halogens is 1. The lowest BCUT2D eigenvalue weighted by Crippen LogP contribution is -2.43. The number of carbonyl (C=O) groups excluding carboxylic acids is 3. The number of rotatable bonds is 23. The van der Waals surface area contributed by atoms with Gasteiger partial charge in [0.15, 0.2) is 0 Å². The Morgan fingerprint density at radius 2 is 1.67 bits per heavy atom. The first-order valence-corrected chi connectivity index (χ1v) is 20.3. The number of unbranched alkanes of at least 4 members (excludes halogenated alkanes) is 10. The van der Waals surface area contributed by atoms with Crippen molar-refractivity contribution in [3.8, 4) is 0 Å². The molecule has 0 unspecified atom stereocenters. The van der Waals surface area contributed by atoms with E-state index >= 15 is 0 Å². The highest BCUT2D eigenvalue weighted by molar-refractivity contribution is 8.00. The van der Waals surface area contributed by atoms with Crippen molar-refractivity contribution in [1.82, 2.24) is 24.4 Å². The van der Waals surface area contributed by atoms with E-state index in [9.17, 15) is 33.2 Å². The van der Waals surface area contributed by atoms with Gasteiger partial charge in [-0.1, -0.05) is 71.1 Å². The van der Waals surface area contributed by atoms with Crippen LogP contribution in [0.4, 0.5) is 10.2 Å². The van der Waals surface area contributed by atoms with Crippen LogP contribution >= 0.6 is 11.8 Å². The second-order valence-corrected chi connectivity index (χ2v) is 15.2. The van der Waals surface area contributed by atoms with E-state index in [2.05, 4.69) is 22.2 Å². The first-order chi connectivity index (χ1) is 26.4. The zero-order valence-electron chi connectivity index (χ0n) is 31.7. The summed E-state index contributed by atoms with van der Waals surface area (Å²) in [6, 6.07) is 0.255. The molecule has 0 aromatic carbocycles. The molecule has 4 N–H and O–H groups in total. The van der Waals surface area contributed by atoms with Crippen LogP contribution in [-0.2, 0) is 33.3 Å². The highest BCUT2D eigenvalue weighted by Crippen LogP contribution is 2.32. The normalized spacial score (nSPS) is 21.3.